The number of aromatic nitrogens is 1. The molecule has 0 radical (unpaired) electrons. The van der Waals surface area contributed by atoms with Crippen molar-refractivity contribution in [2.75, 3.05) is 19.0 Å². The Labute approximate surface area is 121 Å². The van der Waals surface area contributed by atoms with E-state index >= 15 is 0 Å². The van der Waals surface area contributed by atoms with E-state index in [1.807, 2.05) is 0 Å². The largest absolute Gasteiger partial charge is 0.381 e. The molecule has 1 fully saturated rings. The summed E-state index contributed by atoms with van der Waals surface area (Å²) in [5.74, 6) is -4.15. The van der Waals surface area contributed by atoms with Crippen LogP contribution in [-0.4, -0.2) is 29.9 Å². The van der Waals surface area contributed by atoms with Gasteiger partial charge in [-0.1, -0.05) is 6.07 Å². The molecule has 0 aliphatic carbocycles. The van der Waals surface area contributed by atoms with Gasteiger partial charge in [0.15, 0.2) is 0 Å². The van der Waals surface area contributed by atoms with E-state index in [1.165, 1.54) is 6.20 Å². The molecular weight excluding hydrogens is 315 g/mol. The van der Waals surface area contributed by atoms with Crippen LogP contribution in [0.2, 0.25) is 0 Å². The second-order valence-corrected chi connectivity index (χ2v) is 10.0. The summed E-state index contributed by atoms with van der Waals surface area (Å²) >= 11 is 0. The Balaban J connectivity index is 2.09. The van der Waals surface area contributed by atoms with Crippen LogP contribution in [0.5, 0.6) is 0 Å². The maximum absolute atomic E-state index is 14.3. The van der Waals surface area contributed by atoms with E-state index < -0.39 is 26.0 Å². The Morgan fingerprint density at radius 2 is 2.00 bits per heavy atom. The van der Waals surface area contributed by atoms with Gasteiger partial charge in [0.1, 0.15) is 5.03 Å². The maximum Gasteiger partial charge on any atom is 0.261 e. The van der Waals surface area contributed by atoms with Crippen molar-refractivity contribution in [3.8, 4) is 0 Å². The van der Waals surface area contributed by atoms with E-state index in [9.17, 15) is 8.78 Å². The third-order valence-corrected chi connectivity index (χ3v) is 6.34. The maximum atomic E-state index is 14.3. The first-order valence-corrected chi connectivity index (χ1v) is 9.44. The molecular formula is C12H15Cl2F2NOS. The molecule has 1 aromatic rings. The third-order valence-electron chi connectivity index (χ3n) is 3.14. The van der Waals surface area contributed by atoms with Crippen molar-refractivity contribution in [2.24, 2.45) is 5.92 Å². The average Bonchev–Trinajstić information content (AvgIpc) is 2.40. The SMILES string of the molecule is FC(F)(CS(Cl)(Cl)c1ccccn1)C1CCOCC1. The quantitative estimate of drug-likeness (QED) is 0.804. The number of pyridine rings is 1. The predicted molar refractivity (Wildman–Crippen MR) is 75.2 cm³/mol. The summed E-state index contributed by atoms with van der Waals surface area (Å²) in [7, 11) is 9.66. The van der Waals surface area contributed by atoms with Crippen molar-refractivity contribution in [1.82, 2.24) is 4.98 Å². The van der Waals surface area contributed by atoms with Crippen LogP contribution in [0.25, 0.3) is 0 Å². The first-order chi connectivity index (χ1) is 8.92. The van der Waals surface area contributed by atoms with Crippen molar-refractivity contribution < 1.29 is 13.5 Å². The van der Waals surface area contributed by atoms with Gasteiger partial charge in [-0.15, -0.1) is 0 Å². The Morgan fingerprint density at radius 3 is 2.58 bits per heavy atom. The average molecular weight is 330 g/mol. The predicted octanol–water partition coefficient (Wildman–Crippen LogP) is 4.61. The van der Waals surface area contributed by atoms with E-state index in [1.54, 1.807) is 18.2 Å². The first kappa shape index (κ1) is 15.3. The number of nitrogens with zero attached hydrogens (tertiary/aromatic N) is 1. The van der Waals surface area contributed by atoms with Gasteiger partial charge >= 0.3 is 0 Å². The second kappa shape index (κ2) is 6.12. The summed E-state index contributed by atoms with van der Waals surface area (Å²) in [6, 6.07) is 4.99. The van der Waals surface area contributed by atoms with Crippen LogP contribution in [0, 0.1) is 5.92 Å². The summed E-state index contributed by atoms with van der Waals surface area (Å²) in [6.45, 7) is 0.744. The van der Waals surface area contributed by atoms with Crippen LogP contribution < -0.4 is 0 Å². The summed E-state index contributed by atoms with van der Waals surface area (Å²) < 4.78 is 33.6. The van der Waals surface area contributed by atoms with Crippen LogP contribution in [-0.2, 0) is 4.74 Å². The molecule has 0 aromatic carbocycles. The van der Waals surface area contributed by atoms with Gasteiger partial charge in [-0.25, -0.2) is 13.8 Å². The zero-order chi connectivity index (χ0) is 13.9. The highest BCUT2D eigenvalue weighted by atomic mass is 36.0. The number of hydrogen-bond donors (Lipinski definition) is 0. The van der Waals surface area contributed by atoms with Gasteiger partial charge in [-0.05, 0) is 54.8 Å². The molecule has 1 aromatic heterocycles. The summed E-state index contributed by atoms with van der Waals surface area (Å²) in [5, 5.41) is 0.338. The molecule has 0 unspecified atom stereocenters. The number of hydrogen-bond acceptors (Lipinski definition) is 2. The van der Waals surface area contributed by atoms with Gasteiger partial charge in [-0.3, -0.25) is 0 Å². The van der Waals surface area contributed by atoms with E-state index in [4.69, 9.17) is 26.1 Å². The van der Waals surface area contributed by atoms with Crippen LogP contribution in [0.4, 0.5) is 8.78 Å². The fraction of sp³-hybridized carbons (Fsp3) is 0.583. The van der Waals surface area contributed by atoms with Crippen LogP contribution in [0.1, 0.15) is 12.8 Å². The van der Waals surface area contributed by atoms with Crippen molar-refractivity contribution in [1.29, 1.82) is 0 Å². The zero-order valence-electron chi connectivity index (χ0n) is 10.2. The number of ether oxygens (including phenoxy) is 1. The van der Waals surface area contributed by atoms with Crippen LogP contribution >= 0.6 is 29.8 Å². The van der Waals surface area contributed by atoms with E-state index in [0.29, 0.717) is 31.1 Å². The molecule has 2 rings (SSSR count). The molecule has 0 amide bonds. The molecule has 0 bridgehead atoms. The normalized spacial score (nSPS) is 19.4. The van der Waals surface area contributed by atoms with E-state index in [0.717, 1.165) is 0 Å². The lowest BCUT2D eigenvalue weighted by atomic mass is 9.94. The molecule has 2 nitrogen and oxygen atoms in total. The Hall–Kier alpha value is -0.100. The number of halogens is 4. The second-order valence-electron chi connectivity index (χ2n) is 4.54. The molecule has 19 heavy (non-hydrogen) atoms. The van der Waals surface area contributed by atoms with Crippen LogP contribution in [0.15, 0.2) is 29.4 Å². The lowest BCUT2D eigenvalue weighted by molar-refractivity contribution is -0.0782. The van der Waals surface area contributed by atoms with Crippen molar-refractivity contribution in [3.63, 3.8) is 0 Å². The minimum Gasteiger partial charge on any atom is -0.381 e. The molecule has 2 heterocycles. The Morgan fingerprint density at radius 1 is 1.32 bits per heavy atom. The third kappa shape index (κ3) is 3.94. The van der Waals surface area contributed by atoms with Crippen LogP contribution in [0.3, 0.4) is 0 Å². The lowest BCUT2D eigenvalue weighted by Gasteiger charge is -2.35. The molecule has 1 aliphatic rings. The van der Waals surface area contributed by atoms with Gasteiger partial charge in [0, 0.05) is 25.3 Å². The van der Waals surface area contributed by atoms with Gasteiger partial charge in [0.2, 0.25) is 0 Å². The van der Waals surface area contributed by atoms with Gasteiger partial charge in [0.05, 0.1) is 5.75 Å². The standard InChI is InChI=1S/C12H15Cl2F2NOS/c13-19(14,11-3-1-2-6-17-11)9-12(15,16)10-4-7-18-8-5-10/h1-3,6,10H,4-5,7-9H2. The van der Waals surface area contributed by atoms with E-state index in [-0.39, 0.29) is 0 Å². The molecule has 0 saturated carbocycles. The minimum atomic E-state index is -2.89. The fourth-order valence-electron chi connectivity index (χ4n) is 2.08. The zero-order valence-corrected chi connectivity index (χ0v) is 12.5. The lowest BCUT2D eigenvalue weighted by Crippen LogP contribution is -2.36. The number of rotatable bonds is 4. The van der Waals surface area contributed by atoms with Gasteiger partial charge in [0.25, 0.3) is 5.92 Å². The highest BCUT2D eigenvalue weighted by molar-refractivity contribution is 8.65. The number of alkyl halides is 2. The summed E-state index contributed by atoms with van der Waals surface area (Å²) in [5.41, 5.74) is 0. The topological polar surface area (TPSA) is 22.1 Å². The summed E-state index contributed by atoms with van der Waals surface area (Å²) in [6.07, 6.45) is 2.20. The first-order valence-electron chi connectivity index (χ1n) is 5.99. The molecule has 1 aliphatic heterocycles. The van der Waals surface area contributed by atoms with Crippen molar-refractivity contribution >= 4 is 29.8 Å². The highest BCUT2D eigenvalue weighted by Gasteiger charge is 2.45. The molecule has 0 N–H and O–H groups in total. The van der Waals surface area contributed by atoms with Crippen molar-refractivity contribution in [2.45, 2.75) is 23.8 Å². The monoisotopic (exact) mass is 329 g/mol. The van der Waals surface area contributed by atoms with Gasteiger partial charge in [-0.2, -0.15) is 0 Å². The molecule has 108 valence electrons. The van der Waals surface area contributed by atoms with Crippen molar-refractivity contribution in [3.05, 3.63) is 24.4 Å². The molecule has 0 spiro atoms. The highest BCUT2D eigenvalue weighted by Crippen LogP contribution is 2.66. The fourth-order valence-corrected chi connectivity index (χ4v) is 4.86. The minimum absolute atomic E-state index is 0.338. The Bertz CT molecular complexity index is 413. The molecule has 0 atom stereocenters. The van der Waals surface area contributed by atoms with Gasteiger partial charge < -0.3 is 4.74 Å². The van der Waals surface area contributed by atoms with E-state index in [2.05, 4.69) is 4.98 Å². The Kier molecular flexibility index (Phi) is 4.93. The molecule has 7 heteroatoms. The molecule has 1 saturated heterocycles. The smallest absolute Gasteiger partial charge is 0.261 e. The summed E-state index contributed by atoms with van der Waals surface area (Å²) in [4.78, 5) is 3.99.